The van der Waals surface area contributed by atoms with Gasteiger partial charge in [0.05, 0.1) is 21.6 Å². The molecule has 0 spiro atoms. The number of carboxylic acids is 2. The summed E-state index contributed by atoms with van der Waals surface area (Å²) in [6.07, 6.45) is 12.7. The van der Waals surface area contributed by atoms with Crippen molar-refractivity contribution in [2.24, 2.45) is 0 Å². The van der Waals surface area contributed by atoms with Crippen molar-refractivity contribution in [3.8, 4) is 0 Å². The van der Waals surface area contributed by atoms with E-state index >= 15 is 0 Å². The van der Waals surface area contributed by atoms with E-state index in [1.165, 1.54) is 37.1 Å². The zero-order chi connectivity index (χ0) is 33.6. The minimum Gasteiger partial charge on any atom is -0.478 e. The van der Waals surface area contributed by atoms with Crippen molar-refractivity contribution in [2.75, 3.05) is 23.0 Å². The van der Waals surface area contributed by atoms with Crippen molar-refractivity contribution >= 4 is 68.6 Å². The predicted octanol–water partition coefficient (Wildman–Crippen LogP) is 10.5. The Labute approximate surface area is 291 Å². The van der Waals surface area contributed by atoms with Crippen LogP contribution in [0.25, 0.3) is 0 Å². The zero-order valence-corrected chi connectivity index (χ0v) is 30.5. The van der Waals surface area contributed by atoms with Gasteiger partial charge >= 0.3 is 11.9 Å². The SMILES string of the molecule is CCCCCCC(SCCCSSCCCSC(CCCCCC)C(=O)c1ccc(C(=O)O)cc1)C(=O)c1ccc(C(=O)O)cc1. The largest absolute Gasteiger partial charge is 0.478 e. The molecule has 0 bridgehead atoms. The summed E-state index contributed by atoms with van der Waals surface area (Å²) in [7, 11) is 3.72. The molecule has 0 saturated carbocycles. The van der Waals surface area contributed by atoms with Crippen molar-refractivity contribution in [3.05, 3.63) is 70.8 Å². The quantitative estimate of drug-likeness (QED) is 0.0529. The van der Waals surface area contributed by atoms with Crippen LogP contribution in [0.15, 0.2) is 48.5 Å². The van der Waals surface area contributed by atoms with E-state index in [4.69, 9.17) is 10.2 Å². The van der Waals surface area contributed by atoms with Gasteiger partial charge < -0.3 is 10.2 Å². The second-order valence-corrected chi connectivity index (χ2v) is 16.6. The summed E-state index contributed by atoms with van der Waals surface area (Å²) in [4.78, 5) is 48.8. The van der Waals surface area contributed by atoms with Crippen LogP contribution >= 0.6 is 45.1 Å². The van der Waals surface area contributed by atoms with Crippen LogP contribution in [-0.2, 0) is 0 Å². The Morgan fingerprint density at radius 1 is 0.500 bits per heavy atom. The third-order valence-electron chi connectivity index (χ3n) is 7.52. The van der Waals surface area contributed by atoms with E-state index in [1.807, 2.05) is 21.6 Å². The second kappa shape index (κ2) is 24.3. The second-order valence-electron chi connectivity index (χ2n) is 11.3. The number of thioether (sulfide) groups is 2. The fourth-order valence-corrected chi connectivity index (χ4v) is 9.80. The highest BCUT2D eigenvalue weighted by Crippen LogP contribution is 2.29. The number of rotatable bonds is 27. The predicted molar refractivity (Wildman–Crippen MR) is 200 cm³/mol. The molecule has 2 unspecified atom stereocenters. The summed E-state index contributed by atoms with van der Waals surface area (Å²) in [5, 5.41) is 18.1. The fourth-order valence-electron chi connectivity index (χ4n) is 4.82. The average molecular weight is 707 g/mol. The number of carbonyl (C=O) groups excluding carboxylic acids is 2. The molecule has 0 aliphatic carbocycles. The van der Waals surface area contributed by atoms with Crippen molar-refractivity contribution < 1.29 is 29.4 Å². The Bertz CT molecular complexity index is 1090. The number of ketones is 2. The molecule has 2 rings (SSSR count). The lowest BCUT2D eigenvalue weighted by Crippen LogP contribution is -2.18. The highest BCUT2D eigenvalue weighted by molar-refractivity contribution is 8.76. The van der Waals surface area contributed by atoms with Crippen molar-refractivity contribution in [1.82, 2.24) is 0 Å². The van der Waals surface area contributed by atoms with E-state index < -0.39 is 11.9 Å². The van der Waals surface area contributed by atoms with Crippen LogP contribution in [0.3, 0.4) is 0 Å². The van der Waals surface area contributed by atoms with E-state index in [9.17, 15) is 19.2 Å². The van der Waals surface area contributed by atoms with Gasteiger partial charge in [-0.15, -0.1) is 0 Å². The monoisotopic (exact) mass is 706 g/mol. The summed E-state index contributed by atoms with van der Waals surface area (Å²) in [6.45, 7) is 4.35. The Kier molecular flexibility index (Phi) is 21.3. The lowest BCUT2D eigenvalue weighted by atomic mass is 10.0. The molecule has 0 fully saturated rings. The number of benzene rings is 2. The van der Waals surface area contributed by atoms with Crippen LogP contribution < -0.4 is 0 Å². The van der Waals surface area contributed by atoms with Crippen LogP contribution in [0.4, 0.5) is 0 Å². The molecule has 0 amide bonds. The number of unbranched alkanes of at least 4 members (excludes halogenated alkanes) is 6. The highest BCUT2D eigenvalue weighted by Gasteiger charge is 2.22. The minimum atomic E-state index is -0.988. The Balaban J connectivity index is 1.72. The van der Waals surface area contributed by atoms with Gasteiger partial charge in [0.25, 0.3) is 0 Å². The summed E-state index contributed by atoms with van der Waals surface area (Å²) < 4.78 is 0. The maximum absolute atomic E-state index is 13.2. The van der Waals surface area contributed by atoms with Gasteiger partial charge in [0.1, 0.15) is 0 Å². The van der Waals surface area contributed by atoms with Crippen molar-refractivity contribution in [3.63, 3.8) is 0 Å². The number of aromatic carboxylic acids is 2. The van der Waals surface area contributed by atoms with Crippen LogP contribution in [0.1, 0.15) is 132 Å². The van der Waals surface area contributed by atoms with E-state index in [-0.39, 0.29) is 33.2 Å². The molecule has 2 N–H and O–H groups in total. The Morgan fingerprint density at radius 2 is 0.848 bits per heavy atom. The lowest BCUT2D eigenvalue weighted by Gasteiger charge is -2.16. The van der Waals surface area contributed by atoms with E-state index in [1.54, 1.807) is 47.8 Å². The van der Waals surface area contributed by atoms with Crippen LogP contribution in [0, 0.1) is 0 Å². The summed E-state index contributed by atoms with van der Waals surface area (Å²) in [5.41, 5.74) is 1.55. The van der Waals surface area contributed by atoms with Gasteiger partial charge in [-0.3, -0.25) is 9.59 Å². The topological polar surface area (TPSA) is 109 Å². The van der Waals surface area contributed by atoms with Crippen molar-refractivity contribution in [2.45, 2.75) is 101 Å². The highest BCUT2D eigenvalue weighted by atomic mass is 33.1. The van der Waals surface area contributed by atoms with E-state index in [0.29, 0.717) is 11.1 Å². The molecule has 254 valence electrons. The molecule has 0 heterocycles. The third kappa shape index (κ3) is 15.8. The third-order valence-corrected chi connectivity index (χ3v) is 12.9. The maximum Gasteiger partial charge on any atom is 0.335 e. The summed E-state index contributed by atoms with van der Waals surface area (Å²) in [6, 6.07) is 12.6. The molecule has 0 saturated heterocycles. The molecule has 6 nitrogen and oxygen atoms in total. The molecule has 10 heteroatoms. The molecule has 2 aromatic rings. The molecule has 46 heavy (non-hydrogen) atoms. The molecule has 0 radical (unpaired) electrons. The molecular formula is C36H50O6S4. The number of carboxylic acid groups (broad SMARTS) is 2. The number of hydrogen-bond donors (Lipinski definition) is 2. The standard InChI is InChI=1S/C36H50O6S4/c1-3-5-7-9-13-31(33(37)27-15-19-29(20-16-27)35(39)40)43-23-11-25-45-46-26-12-24-44-32(14-10-8-6-4-2)34(38)28-17-21-30(22-18-28)36(41)42/h15-22,31-32H,3-14,23-26H2,1-2H3,(H,39,40)(H,41,42). The fraction of sp³-hybridized carbons (Fsp3) is 0.556. The van der Waals surface area contributed by atoms with Gasteiger partial charge in [-0.1, -0.05) is 111 Å². The van der Waals surface area contributed by atoms with Crippen LogP contribution in [0.2, 0.25) is 0 Å². The first-order chi connectivity index (χ1) is 22.3. The van der Waals surface area contributed by atoms with Gasteiger partial charge in [0, 0.05) is 22.6 Å². The maximum atomic E-state index is 13.2. The lowest BCUT2D eigenvalue weighted by molar-refractivity contribution is 0.0686. The van der Waals surface area contributed by atoms with E-state index in [0.717, 1.165) is 87.2 Å². The van der Waals surface area contributed by atoms with Gasteiger partial charge in [-0.2, -0.15) is 23.5 Å². The number of Topliss-reactive ketones (excluding diaryl/α,β-unsaturated/α-hetero) is 2. The Hall–Kier alpha value is -1.88. The van der Waals surface area contributed by atoms with Crippen LogP contribution in [0.5, 0.6) is 0 Å². The van der Waals surface area contributed by atoms with E-state index in [2.05, 4.69) is 13.8 Å². The average Bonchev–Trinajstić information content (AvgIpc) is 3.06. The molecule has 2 aromatic carbocycles. The first kappa shape index (κ1) is 40.3. The Morgan fingerprint density at radius 3 is 1.17 bits per heavy atom. The molecule has 2 atom stereocenters. The zero-order valence-electron chi connectivity index (χ0n) is 27.2. The molecule has 0 aliphatic rings. The summed E-state index contributed by atoms with van der Waals surface area (Å²) in [5.74, 6) is 2.07. The summed E-state index contributed by atoms with van der Waals surface area (Å²) >= 11 is 3.46. The van der Waals surface area contributed by atoms with Gasteiger partial charge in [-0.05, 0) is 61.5 Å². The first-order valence-electron chi connectivity index (χ1n) is 16.5. The molecule has 0 aliphatic heterocycles. The minimum absolute atomic E-state index is 0.0948. The number of carbonyl (C=O) groups is 4. The van der Waals surface area contributed by atoms with Crippen LogP contribution in [-0.4, -0.2) is 67.2 Å². The van der Waals surface area contributed by atoms with Crippen molar-refractivity contribution in [1.29, 1.82) is 0 Å². The van der Waals surface area contributed by atoms with Gasteiger partial charge in [0.2, 0.25) is 0 Å². The molecule has 0 aromatic heterocycles. The normalized spacial score (nSPS) is 12.5. The molecular weight excluding hydrogens is 657 g/mol. The van der Waals surface area contributed by atoms with Gasteiger partial charge in [-0.25, -0.2) is 9.59 Å². The first-order valence-corrected chi connectivity index (χ1v) is 21.1. The number of hydrogen-bond acceptors (Lipinski definition) is 8. The smallest absolute Gasteiger partial charge is 0.335 e. The van der Waals surface area contributed by atoms with Gasteiger partial charge in [0.15, 0.2) is 11.6 Å².